The van der Waals surface area contributed by atoms with E-state index in [0.717, 1.165) is 42.8 Å². The second-order valence-corrected chi connectivity index (χ2v) is 8.52. The molecule has 2 fully saturated rings. The van der Waals surface area contributed by atoms with Gasteiger partial charge in [-0.15, -0.1) is 0 Å². The summed E-state index contributed by atoms with van der Waals surface area (Å²) in [6.07, 6.45) is 4.54. The molecule has 1 aromatic heterocycles. The first kappa shape index (κ1) is 20.8. The lowest BCUT2D eigenvalue weighted by atomic mass is 9.92. The van der Waals surface area contributed by atoms with Crippen molar-refractivity contribution >= 4 is 11.8 Å². The number of nitrogens with zero attached hydrogens (tertiary/aromatic N) is 2. The minimum atomic E-state index is -0.900. The summed E-state index contributed by atoms with van der Waals surface area (Å²) in [5, 5.41) is 9.23. The van der Waals surface area contributed by atoms with Crippen molar-refractivity contribution in [1.29, 1.82) is 0 Å². The zero-order chi connectivity index (χ0) is 21.3. The van der Waals surface area contributed by atoms with Gasteiger partial charge in [-0.1, -0.05) is 18.2 Å². The highest BCUT2D eigenvalue weighted by Gasteiger charge is 2.33. The van der Waals surface area contributed by atoms with Crippen LogP contribution in [0.4, 0.5) is 5.82 Å². The predicted octanol–water partition coefficient (Wildman–Crippen LogP) is 4.29. The van der Waals surface area contributed by atoms with Crippen molar-refractivity contribution in [3.63, 3.8) is 0 Å². The molecule has 0 amide bonds. The van der Waals surface area contributed by atoms with Gasteiger partial charge >= 0.3 is 5.97 Å². The smallest absolute Gasteiger partial charge is 0.335 e. The van der Waals surface area contributed by atoms with Crippen LogP contribution >= 0.6 is 0 Å². The second-order valence-electron chi connectivity index (χ2n) is 8.52. The molecule has 6 nitrogen and oxygen atoms in total. The van der Waals surface area contributed by atoms with Crippen molar-refractivity contribution in [3.05, 3.63) is 58.3 Å². The number of hydrogen-bond acceptors (Lipinski definition) is 5. The van der Waals surface area contributed by atoms with Crippen LogP contribution in [0.2, 0.25) is 0 Å². The maximum atomic E-state index is 11.2. The Hall–Kier alpha value is -2.44. The highest BCUT2D eigenvalue weighted by atomic mass is 16.5. The van der Waals surface area contributed by atoms with Gasteiger partial charge in [-0.25, -0.2) is 9.78 Å². The van der Waals surface area contributed by atoms with Crippen LogP contribution in [0.5, 0.6) is 0 Å². The third-order valence-electron chi connectivity index (χ3n) is 6.34. The molecule has 6 heteroatoms. The van der Waals surface area contributed by atoms with Crippen LogP contribution in [0.25, 0.3) is 0 Å². The summed E-state index contributed by atoms with van der Waals surface area (Å²) in [7, 11) is 0. The van der Waals surface area contributed by atoms with Crippen molar-refractivity contribution in [2.75, 3.05) is 18.9 Å². The Kier molecular flexibility index (Phi) is 6.06. The highest BCUT2D eigenvalue weighted by Crippen LogP contribution is 2.43. The molecule has 0 radical (unpaired) electrons. The van der Waals surface area contributed by atoms with E-state index in [1.165, 1.54) is 18.4 Å². The van der Waals surface area contributed by atoms with Crippen molar-refractivity contribution in [1.82, 2.24) is 9.88 Å². The first-order valence-electron chi connectivity index (χ1n) is 10.9. The van der Waals surface area contributed by atoms with Crippen LogP contribution in [0.1, 0.15) is 77.3 Å². The number of nitrogens with two attached hydrogens (primary N) is 1. The summed E-state index contributed by atoms with van der Waals surface area (Å²) in [6, 6.07) is 9.64. The van der Waals surface area contributed by atoms with Gasteiger partial charge < -0.3 is 15.6 Å². The number of aromatic nitrogens is 1. The Bertz CT molecular complexity index is 909. The van der Waals surface area contributed by atoms with E-state index in [2.05, 4.69) is 11.0 Å². The molecule has 0 spiro atoms. The minimum absolute atomic E-state index is 0.162. The van der Waals surface area contributed by atoms with Gasteiger partial charge in [0.15, 0.2) is 0 Å². The molecule has 0 bridgehead atoms. The van der Waals surface area contributed by atoms with Gasteiger partial charge in [-0.05, 0) is 74.3 Å². The molecular weight excluding hydrogens is 378 g/mol. The Morgan fingerprint density at radius 2 is 2.00 bits per heavy atom. The lowest BCUT2D eigenvalue weighted by Crippen LogP contribution is -2.39. The lowest BCUT2D eigenvalue weighted by Gasteiger charge is -2.40. The molecule has 2 heterocycles. The van der Waals surface area contributed by atoms with E-state index < -0.39 is 5.97 Å². The fraction of sp³-hybridized carbons (Fsp3) is 0.500. The Morgan fingerprint density at radius 3 is 2.63 bits per heavy atom. The molecule has 1 saturated carbocycles. The van der Waals surface area contributed by atoms with Crippen molar-refractivity contribution in [2.45, 2.75) is 64.1 Å². The average Bonchev–Trinajstić information content (AvgIpc) is 3.57. The number of hydrogen-bond donors (Lipinski definition) is 2. The van der Waals surface area contributed by atoms with E-state index in [1.807, 2.05) is 26.0 Å². The number of piperidine rings is 1. The Balaban J connectivity index is 1.62. The predicted molar refractivity (Wildman–Crippen MR) is 117 cm³/mol. The number of aromatic carboxylic acids is 1. The third-order valence-corrected chi connectivity index (χ3v) is 6.34. The number of carbonyl (C=O) groups is 1. The SMILES string of the molecule is CCO[C@H]1CCN(Cc2nc(N)c(C)cc2C2CC2)[C@H](c2ccc(C(=O)O)cc2)C1. The Labute approximate surface area is 178 Å². The topological polar surface area (TPSA) is 88.7 Å². The van der Waals surface area contributed by atoms with Gasteiger partial charge in [-0.2, -0.15) is 0 Å². The molecule has 0 unspecified atom stereocenters. The minimum Gasteiger partial charge on any atom is -0.478 e. The van der Waals surface area contributed by atoms with Crippen LogP contribution in [0.3, 0.4) is 0 Å². The van der Waals surface area contributed by atoms with Gasteiger partial charge in [-0.3, -0.25) is 4.90 Å². The molecule has 1 aliphatic heterocycles. The first-order valence-corrected chi connectivity index (χ1v) is 10.9. The van der Waals surface area contributed by atoms with Crippen molar-refractivity contribution < 1.29 is 14.6 Å². The fourth-order valence-corrected chi connectivity index (χ4v) is 4.51. The number of carboxylic acid groups (broad SMARTS) is 1. The molecule has 1 aliphatic carbocycles. The van der Waals surface area contributed by atoms with E-state index in [4.69, 9.17) is 15.5 Å². The monoisotopic (exact) mass is 409 g/mol. The van der Waals surface area contributed by atoms with E-state index >= 15 is 0 Å². The normalized spacial score (nSPS) is 22.2. The molecule has 3 N–H and O–H groups in total. The molecule has 160 valence electrons. The van der Waals surface area contributed by atoms with E-state index in [-0.39, 0.29) is 12.1 Å². The van der Waals surface area contributed by atoms with Crippen LogP contribution < -0.4 is 5.73 Å². The van der Waals surface area contributed by atoms with E-state index in [9.17, 15) is 9.90 Å². The maximum Gasteiger partial charge on any atom is 0.335 e. The molecule has 2 atom stereocenters. The average molecular weight is 410 g/mol. The molecule has 30 heavy (non-hydrogen) atoms. The number of likely N-dealkylation sites (tertiary alicyclic amines) is 1. The van der Waals surface area contributed by atoms with Crippen molar-refractivity contribution in [3.8, 4) is 0 Å². The van der Waals surface area contributed by atoms with Gasteiger partial charge in [0.1, 0.15) is 5.82 Å². The fourth-order valence-electron chi connectivity index (χ4n) is 4.51. The molecule has 2 aliphatic rings. The standard InChI is InChI=1S/C24H31N3O3/c1-3-30-19-10-11-27(22(13-19)17-6-8-18(9-7-17)24(28)29)14-21-20(16-4-5-16)12-15(2)23(25)26-21/h6-9,12,16,19,22H,3-5,10-11,13-14H2,1-2H3,(H2,25,26)(H,28,29)/t19-,22-/m0/s1. The molecule has 2 aromatic rings. The maximum absolute atomic E-state index is 11.2. The number of aryl methyl sites for hydroxylation is 1. The van der Waals surface area contributed by atoms with Crippen LogP contribution in [0, 0.1) is 6.92 Å². The summed E-state index contributed by atoms with van der Waals surface area (Å²) >= 11 is 0. The summed E-state index contributed by atoms with van der Waals surface area (Å²) < 4.78 is 5.95. The quantitative estimate of drug-likeness (QED) is 0.709. The summed E-state index contributed by atoms with van der Waals surface area (Å²) in [5.41, 5.74) is 11.1. The van der Waals surface area contributed by atoms with Crippen LogP contribution in [0.15, 0.2) is 30.3 Å². The van der Waals surface area contributed by atoms with Gasteiger partial charge in [0.05, 0.1) is 17.4 Å². The number of anilines is 1. The summed E-state index contributed by atoms with van der Waals surface area (Å²) in [5.74, 6) is 0.324. The Morgan fingerprint density at radius 1 is 1.27 bits per heavy atom. The molecule has 1 aromatic carbocycles. The summed E-state index contributed by atoms with van der Waals surface area (Å²) in [4.78, 5) is 18.5. The van der Waals surface area contributed by atoms with E-state index in [0.29, 0.717) is 23.9 Å². The first-order chi connectivity index (χ1) is 14.5. The van der Waals surface area contributed by atoms with Crippen LogP contribution in [-0.2, 0) is 11.3 Å². The van der Waals surface area contributed by atoms with Gasteiger partial charge in [0.2, 0.25) is 0 Å². The number of carboxylic acids is 1. The number of rotatable bonds is 7. The second kappa shape index (κ2) is 8.74. The van der Waals surface area contributed by atoms with Crippen LogP contribution in [-0.4, -0.2) is 40.2 Å². The molecule has 1 saturated heterocycles. The number of nitrogen functional groups attached to an aromatic ring is 1. The number of benzene rings is 1. The lowest BCUT2D eigenvalue weighted by molar-refractivity contribution is -0.0142. The van der Waals surface area contributed by atoms with Gasteiger partial charge in [0.25, 0.3) is 0 Å². The molecular formula is C24H31N3O3. The highest BCUT2D eigenvalue weighted by molar-refractivity contribution is 5.87. The largest absolute Gasteiger partial charge is 0.478 e. The third kappa shape index (κ3) is 4.50. The zero-order valence-corrected chi connectivity index (χ0v) is 17.8. The van der Waals surface area contributed by atoms with Gasteiger partial charge in [0, 0.05) is 25.7 Å². The summed E-state index contributed by atoms with van der Waals surface area (Å²) in [6.45, 7) is 6.43. The van der Waals surface area contributed by atoms with Crippen molar-refractivity contribution in [2.24, 2.45) is 0 Å². The molecule has 4 rings (SSSR count). The number of pyridine rings is 1. The zero-order valence-electron chi connectivity index (χ0n) is 17.8. The van der Waals surface area contributed by atoms with E-state index in [1.54, 1.807) is 12.1 Å². The number of ether oxygens (including phenoxy) is 1.